The van der Waals surface area contributed by atoms with Crippen LogP contribution in [0.3, 0.4) is 0 Å². The van der Waals surface area contributed by atoms with Gasteiger partial charge in [0.2, 0.25) is 0 Å². The van der Waals surface area contributed by atoms with Gasteiger partial charge in [0, 0.05) is 6.54 Å². The Hall–Kier alpha value is -2.72. The molecule has 0 aromatic rings. The van der Waals surface area contributed by atoms with Crippen LogP contribution in [0.5, 0.6) is 0 Å². The number of aliphatic hydroxyl groups excluding tert-OH is 3. The molecule has 0 aliphatic carbocycles. The van der Waals surface area contributed by atoms with Crippen LogP contribution in [-0.2, 0) is 19.1 Å². The lowest BCUT2D eigenvalue weighted by atomic mass is 10.1. The molecule has 32 heavy (non-hydrogen) atoms. The van der Waals surface area contributed by atoms with Gasteiger partial charge in [0.25, 0.3) is 0 Å². The summed E-state index contributed by atoms with van der Waals surface area (Å²) in [5, 5.41) is 29.3. The second-order valence-corrected chi connectivity index (χ2v) is 7.03. The summed E-state index contributed by atoms with van der Waals surface area (Å²) in [6.07, 6.45) is -3.59. The van der Waals surface area contributed by atoms with Crippen molar-refractivity contribution in [3.63, 3.8) is 0 Å². The highest BCUT2D eigenvalue weighted by molar-refractivity contribution is 5.76. The zero-order valence-corrected chi connectivity index (χ0v) is 17.9. The Labute approximate surface area is 185 Å². The van der Waals surface area contributed by atoms with E-state index in [1.165, 1.54) is 0 Å². The molecule has 0 aromatic carbocycles. The fourth-order valence-corrected chi connectivity index (χ4v) is 2.42. The van der Waals surface area contributed by atoms with Gasteiger partial charge in [-0.05, 0) is 25.7 Å². The zero-order valence-electron chi connectivity index (χ0n) is 17.9. The van der Waals surface area contributed by atoms with Crippen LogP contribution >= 0.6 is 0 Å². The molecular formula is C17H37N8O7+. The van der Waals surface area contributed by atoms with Gasteiger partial charge in [-0.3, -0.25) is 31.0 Å². The molecule has 0 aromatic heterocycles. The van der Waals surface area contributed by atoms with Gasteiger partial charge in [-0.2, -0.15) is 0 Å². The molecule has 0 aliphatic heterocycles. The summed E-state index contributed by atoms with van der Waals surface area (Å²) in [4.78, 5) is 30.5. The molecule has 0 rings (SSSR count). The van der Waals surface area contributed by atoms with Crippen LogP contribution in [0.25, 0.3) is 0 Å². The van der Waals surface area contributed by atoms with Gasteiger partial charge < -0.3 is 47.7 Å². The summed E-state index contributed by atoms with van der Waals surface area (Å²) >= 11 is 0. The number of aliphatic hydroxyl groups is 3. The summed E-state index contributed by atoms with van der Waals surface area (Å²) in [6.45, 7) is -0.810. The maximum Gasteiger partial charge on any atom is 0.338 e. The zero-order chi connectivity index (χ0) is 24.7. The predicted octanol–water partition coefficient (Wildman–Crippen LogP) is -7.00. The molecule has 0 bridgehead atoms. The van der Waals surface area contributed by atoms with E-state index in [9.17, 15) is 24.9 Å². The first-order chi connectivity index (χ1) is 15.0. The Balaban J connectivity index is 4.66. The fraction of sp³-hybridized carbons (Fsp3) is 0.765. The van der Waals surface area contributed by atoms with Gasteiger partial charge in [0.15, 0.2) is 12.1 Å². The highest BCUT2D eigenvalue weighted by Crippen LogP contribution is 2.10. The molecule has 186 valence electrons. The van der Waals surface area contributed by atoms with E-state index in [0.29, 0.717) is 19.4 Å². The van der Waals surface area contributed by atoms with Crippen molar-refractivity contribution in [2.45, 2.75) is 56.1 Å². The number of aliphatic imine (C=N–C) groups is 1. The quantitative estimate of drug-likeness (QED) is 0.0439. The van der Waals surface area contributed by atoms with Gasteiger partial charge in [-0.15, -0.1) is 0 Å². The third-order valence-electron chi connectivity index (χ3n) is 4.19. The summed E-state index contributed by atoms with van der Waals surface area (Å²) in [5.74, 6) is -1.80. The summed E-state index contributed by atoms with van der Waals surface area (Å²) in [5.41, 5.74) is 32.3. The lowest BCUT2D eigenvalue weighted by Crippen LogP contribution is -2.78. The maximum atomic E-state index is 12.2. The van der Waals surface area contributed by atoms with Crippen LogP contribution in [-0.4, -0.2) is 95.9 Å². The Morgan fingerprint density at radius 3 is 2.09 bits per heavy atom. The van der Waals surface area contributed by atoms with Gasteiger partial charge in [0.1, 0.15) is 30.9 Å². The molecule has 5 atom stereocenters. The molecule has 0 saturated carbocycles. The third-order valence-corrected chi connectivity index (χ3v) is 4.19. The van der Waals surface area contributed by atoms with Crippen molar-refractivity contribution in [2.24, 2.45) is 39.4 Å². The van der Waals surface area contributed by atoms with Crippen LogP contribution in [0.2, 0.25) is 0 Å². The number of esters is 2. The number of carbonyl (C=O) groups excluding carboxylic acids is 2. The Kier molecular flexibility index (Phi) is 14.6. The van der Waals surface area contributed by atoms with Crippen molar-refractivity contribution in [3.8, 4) is 0 Å². The highest BCUT2D eigenvalue weighted by atomic mass is 16.6. The van der Waals surface area contributed by atoms with E-state index in [2.05, 4.69) is 9.98 Å². The van der Waals surface area contributed by atoms with Crippen molar-refractivity contribution in [3.05, 3.63) is 0 Å². The number of ether oxygens (including phenoxy) is 2. The van der Waals surface area contributed by atoms with E-state index in [4.69, 9.17) is 43.9 Å². The van der Waals surface area contributed by atoms with E-state index in [1.54, 1.807) is 0 Å². The number of nitrogens with two attached hydrogens (primary N) is 6. The van der Waals surface area contributed by atoms with E-state index < -0.39 is 55.5 Å². The van der Waals surface area contributed by atoms with Gasteiger partial charge >= 0.3 is 17.9 Å². The first-order valence-electron chi connectivity index (χ1n) is 10.0. The second-order valence-electron chi connectivity index (χ2n) is 7.03. The number of nitrogens with one attached hydrogen (secondary N) is 1. The van der Waals surface area contributed by atoms with Crippen molar-refractivity contribution < 1.29 is 39.4 Å². The number of hydrogen-bond acceptors (Lipinski definition) is 10. The molecule has 5 unspecified atom stereocenters. The van der Waals surface area contributed by atoms with Crippen molar-refractivity contribution >= 4 is 23.9 Å². The Bertz CT molecular complexity index is 626. The number of rotatable bonds is 16. The molecule has 0 fully saturated rings. The lowest BCUT2D eigenvalue weighted by Gasteiger charge is -2.27. The van der Waals surface area contributed by atoms with Gasteiger partial charge in [-0.25, -0.2) is 0 Å². The minimum absolute atomic E-state index is 0.0263. The van der Waals surface area contributed by atoms with Crippen LogP contribution < -0.4 is 39.4 Å². The molecule has 15 nitrogen and oxygen atoms in total. The molecule has 15 heteroatoms. The topological polar surface area (TPSA) is 296 Å². The second kappa shape index (κ2) is 16.0. The third kappa shape index (κ3) is 12.9. The number of guanidine groups is 2. The Morgan fingerprint density at radius 1 is 0.938 bits per heavy atom. The molecule has 0 amide bonds. The fourth-order valence-electron chi connectivity index (χ4n) is 2.42. The molecule has 0 heterocycles. The van der Waals surface area contributed by atoms with E-state index in [0.717, 1.165) is 0 Å². The summed E-state index contributed by atoms with van der Waals surface area (Å²) in [6, 6.07) is -2.07. The summed E-state index contributed by atoms with van der Waals surface area (Å²) < 4.78 is 9.95. The van der Waals surface area contributed by atoms with E-state index in [-0.39, 0.29) is 31.3 Å². The first kappa shape index (κ1) is 29.3. The molecule has 0 radical (unpaired) electrons. The van der Waals surface area contributed by atoms with E-state index in [1.807, 2.05) is 0 Å². The SMILES string of the molecule is NC(N)=NCCCC(N)C(=O)OCC(O)C(OC(=O)C(N)CCC[NH+]=C(N)N)C(O)CO. The van der Waals surface area contributed by atoms with Crippen LogP contribution in [0.15, 0.2) is 4.99 Å². The van der Waals surface area contributed by atoms with Crippen LogP contribution in [0, 0.1) is 0 Å². The predicted molar refractivity (Wildman–Crippen MR) is 114 cm³/mol. The van der Waals surface area contributed by atoms with Crippen molar-refractivity contribution in [1.29, 1.82) is 0 Å². The molecule has 0 aliphatic rings. The normalized spacial score (nSPS) is 15.5. The monoisotopic (exact) mass is 465 g/mol. The van der Waals surface area contributed by atoms with Gasteiger partial charge in [0.05, 0.1) is 13.2 Å². The van der Waals surface area contributed by atoms with Crippen LogP contribution in [0.4, 0.5) is 0 Å². The average molecular weight is 466 g/mol. The largest absolute Gasteiger partial charge is 0.462 e. The number of carbonyl (C=O) groups is 2. The van der Waals surface area contributed by atoms with Crippen LogP contribution in [0.1, 0.15) is 25.7 Å². The molecule has 16 N–H and O–H groups in total. The molecule has 0 saturated heterocycles. The number of nitrogens with zero attached hydrogens (tertiary/aromatic N) is 1. The smallest absolute Gasteiger partial charge is 0.338 e. The standard InChI is InChI=1S/C17H36N8O7/c18-9(3-1-5-24-16(20)21)14(29)31-8-12(28)13(11(27)7-26)32-15(30)10(19)4-2-6-25-17(22)23/h9-13,26-28H,1-8,18-19H2,(H4,20,21,24)(H4,22,23,25)/p+1. The first-order valence-corrected chi connectivity index (χ1v) is 10.0. The molecular weight excluding hydrogens is 428 g/mol. The van der Waals surface area contributed by atoms with Crippen molar-refractivity contribution in [1.82, 2.24) is 0 Å². The van der Waals surface area contributed by atoms with E-state index >= 15 is 0 Å². The number of hydrogen-bond donors (Lipinski definition) is 10. The van der Waals surface area contributed by atoms with Gasteiger partial charge in [-0.1, -0.05) is 0 Å². The average Bonchev–Trinajstić information content (AvgIpc) is 2.74. The van der Waals surface area contributed by atoms with Crippen molar-refractivity contribution in [2.75, 3.05) is 26.3 Å². The lowest BCUT2D eigenvalue weighted by molar-refractivity contribution is -0.459. The maximum absolute atomic E-state index is 12.2. The summed E-state index contributed by atoms with van der Waals surface area (Å²) in [7, 11) is 0. The Morgan fingerprint density at radius 2 is 1.53 bits per heavy atom. The highest BCUT2D eigenvalue weighted by Gasteiger charge is 2.33. The molecule has 0 spiro atoms. The minimum Gasteiger partial charge on any atom is -0.462 e. The minimum atomic E-state index is -1.64.